The lowest BCUT2D eigenvalue weighted by molar-refractivity contribution is 0.618. The van der Waals surface area contributed by atoms with E-state index in [1.807, 2.05) is 0 Å². The average Bonchev–Trinajstić information content (AvgIpc) is 2.51. The van der Waals surface area contributed by atoms with Crippen molar-refractivity contribution in [2.75, 3.05) is 11.1 Å². The smallest absolute Gasteiger partial charge is 0.149 e. The second kappa shape index (κ2) is 5.39. The van der Waals surface area contributed by atoms with Crippen molar-refractivity contribution < 1.29 is 0 Å². The van der Waals surface area contributed by atoms with Crippen LogP contribution in [0.3, 0.4) is 0 Å². The minimum absolute atomic E-state index is 0.512. The third kappa shape index (κ3) is 3.01. The number of rotatable bonds is 2. The predicted molar refractivity (Wildman–Crippen MR) is 68.8 cm³/mol. The SMILES string of the molecule is Nc1cc(Cl)cnc1NC1CCCCCC1. The Labute approximate surface area is 101 Å². The molecule has 4 heteroatoms. The highest BCUT2D eigenvalue weighted by atomic mass is 35.5. The summed E-state index contributed by atoms with van der Waals surface area (Å²) in [5, 5.41) is 4.01. The Morgan fingerprint density at radius 1 is 1.25 bits per heavy atom. The molecule has 2 rings (SSSR count). The van der Waals surface area contributed by atoms with E-state index in [-0.39, 0.29) is 0 Å². The summed E-state index contributed by atoms with van der Waals surface area (Å²) in [6.45, 7) is 0. The van der Waals surface area contributed by atoms with Crippen molar-refractivity contribution in [3.63, 3.8) is 0 Å². The number of hydrogen-bond acceptors (Lipinski definition) is 3. The van der Waals surface area contributed by atoms with Crippen LogP contribution in [0.25, 0.3) is 0 Å². The largest absolute Gasteiger partial charge is 0.396 e. The highest BCUT2D eigenvalue weighted by Crippen LogP contribution is 2.24. The summed E-state index contributed by atoms with van der Waals surface area (Å²) < 4.78 is 0. The van der Waals surface area contributed by atoms with Crippen LogP contribution in [0.5, 0.6) is 0 Å². The zero-order valence-electron chi connectivity index (χ0n) is 9.38. The van der Waals surface area contributed by atoms with E-state index < -0.39 is 0 Å². The van der Waals surface area contributed by atoms with E-state index in [9.17, 15) is 0 Å². The third-order valence-electron chi connectivity index (χ3n) is 3.08. The van der Waals surface area contributed by atoms with Crippen molar-refractivity contribution in [1.29, 1.82) is 0 Å². The normalized spacial score (nSPS) is 18.1. The molecule has 0 bridgehead atoms. The van der Waals surface area contributed by atoms with E-state index >= 15 is 0 Å². The molecule has 0 saturated heterocycles. The van der Waals surface area contributed by atoms with Gasteiger partial charge in [0.2, 0.25) is 0 Å². The van der Waals surface area contributed by atoms with E-state index in [0.29, 0.717) is 16.8 Å². The van der Waals surface area contributed by atoms with E-state index in [1.54, 1.807) is 12.3 Å². The van der Waals surface area contributed by atoms with Crippen LogP contribution in [-0.4, -0.2) is 11.0 Å². The second-order valence-electron chi connectivity index (χ2n) is 4.42. The van der Waals surface area contributed by atoms with Crippen LogP contribution >= 0.6 is 11.6 Å². The number of nitrogens with zero attached hydrogens (tertiary/aromatic N) is 1. The fourth-order valence-electron chi connectivity index (χ4n) is 2.19. The molecule has 1 aliphatic rings. The highest BCUT2D eigenvalue weighted by molar-refractivity contribution is 6.30. The van der Waals surface area contributed by atoms with Gasteiger partial charge in [-0.2, -0.15) is 0 Å². The minimum Gasteiger partial charge on any atom is -0.396 e. The van der Waals surface area contributed by atoms with Gasteiger partial charge in [0.05, 0.1) is 10.7 Å². The first-order chi connectivity index (χ1) is 7.75. The maximum atomic E-state index is 5.87. The van der Waals surface area contributed by atoms with Crippen LogP contribution < -0.4 is 11.1 Å². The minimum atomic E-state index is 0.512. The van der Waals surface area contributed by atoms with Crippen molar-refractivity contribution in [3.05, 3.63) is 17.3 Å². The Morgan fingerprint density at radius 3 is 2.56 bits per heavy atom. The molecule has 0 atom stereocenters. The van der Waals surface area contributed by atoms with Crippen molar-refractivity contribution >= 4 is 23.1 Å². The predicted octanol–water partition coefficient (Wildman–Crippen LogP) is 3.45. The Hall–Kier alpha value is -0.960. The summed E-state index contributed by atoms with van der Waals surface area (Å²) in [6, 6.07) is 2.26. The third-order valence-corrected chi connectivity index (χ3v) is 3.29. The standard InChI is InChI=1S/C12H18ClN3/c13-9-7-11(14)12(15-8-9)16-10-5-3-1-2-4-6-10/h7-8,10H,1-6,14H2,(H,15,16). The molecular formula is C12H18ClN3. The van der Waals surface area contributed by atoms with Gasteiger partial charge in [0, 0.05) is 12.2 Å². The molecule has 1 aliphatic carbocycles. The van der Waals surface area contributed by atoms with Crippen LogP contribution in [0.4, 0.5) is 11.5 Å². The van der Waals surface area contributed by atoms with E-state index in [0.717, 1.165) is 5.82 Å². The molecule has 16 heavy (non-hydrogen) atoms. The van der Waals surface area contributed by atoms with Gasteiger partial charge in [-0.05, 0) is 18.9 Å². The Kier molecular flexibility index (Phi) is 3.88. The maximum absolute atomic E-state index is 5.87. The fraction of sp³-hybridized carbons (Fsp3) is 0.583. The zero-order chi connectivity index (χ0) is 11.4. The first-order valence-electron chi connectivity index (χ1n) is 5.93. The van der Waals surface area contributed by atoms with Crippen molar-refractivity contribution in [1.82, 2.24) is 4.98 Å². The van der Waals surface area contributed by atoms with E-state index in [1.165, 1.54) is 38.5 Å². The van der Waals surface area contributed by atoms with Crippen molar-refractivity contribution in [3.8, 4) is 0 Å². The fourth-order valence-corrected chi connectivity index (χ4v) is 2.36. The quantitative estimate of drug-likeness (QED) is 0.778. The number of halogens is 1. The molecule has 0 spiro atoms. The molecule has 1 aromatic heterocycles. The van der Waals surface area contributed by atoms with Gasteiger partial charge in [0.15, 0.2) is 0 Å². The summed E-state index contributed by atoms with van der Waals surface area (Å²) in [4.78, 5) is 4.23. The molecule has 88 valence electrons. The molecule has 0 unspecified atom stereocenters. The topological polar surface area (TPSA) is 50.9 Å². The molecule has 1 aromatic rings. The lowest BCUT2D eigenvalue weighted by atomic mass is 10.1. The summed E-state index contributed by atoms with van der Waals surface area (Å²) >= 11 is 5.82. The molecule has 0 aliphatic heterocycles. The number of nitrogens with two attached hydrogens (primary N) is 1. The molecule has 0 radical (unpaired) electrons. The lowest BCUT2D eigenvalue weighted by Crippen LogP contribution is -2.19. The molecule has 3 nitrogen and oxygen atoms in total. The number of nitrogens with one attached hydrogen (secondary N) is 1. The molecular weight excluding hydrogens is 222 g/mol. The van der Waals surface area contributed by atoms with Crippen molar-refractivity contribution in [2.24, 2.45) is 0 Å². The zero-order valence-corrected chi connectivity index (χ0v) is 10.1. The molecule has 1 heterocycles. The summed E-state index contributed by atoms with van der Waals surface area (Å²) in [5.41, 5.74) is 6.50. The number of nitrogen functional groups attached to an aromatic ring is 1. The Balaban J connectivity index is 2.01. The Bertz CT molecular complexity index is 346. The van der Waals surface area contributed by atoms with Gasteiger partial charge in [-0.15, -0.1) is 0 Å². The summed E-state index contributed by atoms with van der Waals surface area (Å²) in [5.74, 6) is 0.774. The van der Waals surface area contributed by atoms with Crippen LogP contribution in [0, 0.1) is 0 Å². The van der Waals surface area contributed by atoms with Crippen molar-refractivity contribution in [2.45, 2.75) is 44.6 Å². The van der Waals surface area contributed by atoms with Crippen LogP contribution in [0.2, 0.25) is 5.02 Å². The lowest BCUT2D eigenvalue weighted by Gasteiger charge is -2.17. The summed E-state index contributed by atoms with van der Waals surface area (Å²) in [7, 11) is 0. The highest BCUT2D eigenvalue weighted by Gasteiger charge is 2.13. The van der Waals surface area contributed by atoms with Gasteiger partial charge < -0.3 is 11.1 Å². The number of hydrogen-bond donors (Lipinski definition) is 2. The monoisotopic (exact) mass is 239 g/mol. The van der Waals surface area contributed by atoms with Crippen LogP contribution in [0.1, 0.15) is 38.5 Å². The van der Waals surface area contributed by atoms with Gasteiger partial charge in [0.25, 0.3) is 0 Å². The second-order valence-corrected chi connectivity index (χ2v) is 4.86. The van der Waals surface area contributed by atoms with Gasteiger partial charge >= 0.3 is 0 Å². The van der Waals surface area contributed by atoms with Gasteiger partial charge in [-0.1, -0.05) is 37.3 Å². The number of aromatic nitrogens is 1. The van der Waals surface area contributed by atoms with Gasteiger partial charge in [0.1, 0.15) is 5.82 Å². The average molecular weight is 240 g/mol. The molecule has 3 N–H and O–H groups in total. The maximum Gasteiger partial charge on any atom is 0.149 e. The first-order valence-corrected chi connectivity index (χ1v) is 6.31. The van der Waals surface area contributed by atoms with Crippen LogP contribution in [-0.2, 0) is 0 Å². The Morgan fingerprint density at radius 2 is 1.94 bits per heavy atom. The van der Waals surface area contributed by atoms with E-state index in [2.05, 4.69) is 10.3 Å². The number of anilines is 2. The molecule has 1 fully saturated rings. The van der Waals surface area contributed by atoms with Gasteiger partial charge in [-0.25, -0.2) is 4.98 Å². The molecule has 1 saturated carbocycles. The van der Waals surface area contributed by atoms with E-state index in [4.69, 9.17) is 17.3 Å². The molecule has 0 amide bonds. The molecule has 0 aromatic carbocycles. The van der Waals surface area contributed by atoms with Crippen LogP contribution in [0.15, 0.2) is 12.3 Å². The van der Waals surface area contributed by atoms with Gasteiger partial charge in [-0.3, -0.25) is 0 Å². The number of pyridine rings is 1. The summed E-state index contributed by atoms with van der Waals surface area (Å²) in [6.07, 6.45) is 9.35. The first kappa shape index (κ1) is 11.5.